The Kier molecular flexibility index (Phi) is 7.54. The van der Waals surface area contributed by atoms with Crippen LogP contribution in [0.25, 0.3) is 11.6 Å². The summed E-state index contributed by atoms with van der Waals surface area (Å²) in [5.41, 5.74) is 1.55. The number of hydrogen-bond acceptors (Lipinski definition) is 6. The van der Waals surface area contributed by atoms with Crippen molar-refractivity contribution in [3.63, 3.8) is 0 Å². The number of alkyl halides is 3. The van der Waals surface area contributed by atoms with Crippen LogP contribution in [-0.4, -0.2) is 50.0 Å². The van der Waals surface area contributed by atoms with Gasteiger partial charge in [0.05, 0.1) is 11.3 Å². The number of unbranched alkanes of at least 4 members (excludes halogenated alkanes) is 1. The van der Waals surface area contributed by atoms with E-state index >= 15 is 0 Å². The first-order valence-corrected chi connectivity index (χ1v) is 12.6. The summed E-state index contributed by atoms with van der Waals surface area (Å²) in [7, 11) is 1.94. The van der Waals surface area contributed by atoms with E-state index in [4.69, 9.17) is 4.42 Å². The normalized spacial score (nSPS) is 22.0. The van der Waals surface area contributed by atoms with Crippen molar-refractivity contribution in [3.8, 4) is 11.6 Å². The average molecular weight is 528 g/mol. The molecule has 6 nitrogen and oxygen atoms in total. The quantitative estimate of drug-likeness (QED) is 0.266. The summed E-state index contributed by atoms with van der Waals surface area (Å²) in [6.07, 6.45) is 1.56. The lowest BCUT2D eigenvalue weighted by molar-refractivity contribution is -0.137. The number of benzene rings is 1. The van der Waals surface area contributed by atoms with Crippen molar-refractivity contribution < 1.29 is 17.6 Å². The molecule has 1 aliphatic heterocycles. The smallest absolute Gasteiger partial charge is 0.416 e. The number of rotatable bonds is 8. The fraction of sp³-hybridized carbons (Fsp3) is 0.542. The van der Waals surface area contributed by atoms with Gasteiger partial charge in [0.15, 0.2) is 17.3 Å². The molecule has 35 heavy (non-hydrogen) atoms. The van der Waals surface area contributed by atoms with Crippen LogP contribution in [0.15, 0.2) is 40.2 Å². The van der Waals surface area contributed by atoms with Crippen LogP contribution in [0.5, 0.6) is 0 Å². The second kappa shape index (κ2) is 10.1. The highest BCUT2D eigenvalue weighted by Gasteiger charge is 2.57. The summed E-state index contributed by atoms with van der Waals surface area (Å²) in [6.45, 7) is 5.07. The molecule has 1 saturated heterocycles. The van der Waals surface area contributed by atoms with Crippen molar-refractivity contribution in [2.24, 2.45) is 12.5 Å². The topological polar surface area (TPSA) is 60.0 Å². The molecule has 11 heteroatoms. The monoisotopic (exact) mass is 527 g/mol. The Labute approximate surface area is 213 Å². The largest absolute Gasteiger partial charge is 0.440 e. The van der Waals surface area contributed by atoms with Crippen LogP contribution in [0.3, 0.4) is 0 Å². The van der Waals surface area contributed by atoms with E-state index in [9.17, 15) is 13.2 Å². The summed E-state index contributed by atoms with van der Waals surface area (Å²) in [6, 6.07) is 5.78. The van der Waals surface area contributed by atoms with Crippen LogP contribution in [0.2, 0.25) is 0 Å². The van der Waals surface area contributed by atoms with Gasteiger partial charge in [-0.05, 0) is 74.7 Å². The summed E-state index contributed by atoms with van der Waals surface area (Å²) >= 11 is 1.69. The minimum atomic E-state index is -4.27. The van der Waals surface area contributed by atoms with E-state index in [-0.39, 0.29) is 17.8 Å². The maximum absolute atomic E-state index is 12.8. The first-order valence-electron chi connectivity index (χ1n) is 11.6. The van der Waals surface area contributed by atoms with E-state index < -0.39 is 11.7 Å². The van der Waals surface area contributed by atoms with E-state index in [1.165, 1.54) is 18.5 Å². The average Bonchev–Trinajstić information content (AvgIpc) is 3.08. The third-order valence-corrected chi connectivity index (χ3v) is 8.28. The minimum absolute atomic E-state index is 0. The summed E-state index contributed by atoms with van der Waals surface area (Å²) in [4.78, 5) is 6.63. The third-order valence-electron chi connectivity index (χ3n) is 7.18. The van der Waals surface area contributed by atoms with Gasteiger partial charge in [0.25, 0.3) is 0 Å². The van der Waals surface area contributed by atoms with Gasteiger partial charge in [0.2, 0.25) is 5.82 Å². The van der Waals surface area contributed by atoms with E-state index in [0.29, 0.717) is 17.5 Å². The molecular weight excluding hydrogens is 499 g/mol. The number of thioether (sulfide) groups is 1. The van der Waals surface area contributed by atoms with E-state index in [1.54, 1.807) is 23.9 Å². The molecule has 1 spiro atoms. The summed E-state index contributed by atoms with van der Waals surface area (Å²) in [5, 5.41) is 9.40. The third kappa shape index (κ3) is 5.39. The first-order chi connectivity index (χ1) is 16.3. The van der Waals surface area contributed by atoms with Crippen LogP contribution in [0, 0.1) is 12.3 Å². The van der Waals surface area contributed by atoms with Crippen molar-refractivity contribution in [2.75, 3.05) is 25.4 Å². The van der Waals surface area contributed by atoms with Gasteiger partial charge in [-0.1, -0.05) is 23.9 Å². The number of likely N-dealkylation sites (tertiary alicyclic amines) is 1. The lowest BCUT2D eigenvalue weighted by Gasteiger charge is -2.16. The van der Waals surface area contributed by atoms with Crippen LogP contribution in [-0.2, 0) is 13.2 Å². The standard InChI is InChI=1S/C24H28F3N5OS.ClH/c1-16-20(33-15-28-16)21-29-30-22(31(21)2)34-12-4-3-10-32-11-9-23(14-32)13-19(23)17-5-7-18(8-6-17)24(25,26)27;/h5-8,15,19H,3-4,9-14H2,1-2H3;1H/t19-,23+;/m1./s1. The highest BCUT2D eigenvalue weighted by molar-refractivity contribution is 7.99. The molecule has 2 fully saturated rings. The second-order valence-corrected chi connectivity index (χ2v) is 10.5. The number of oxazole rings is 1. The number of nitrogens with zero attached hydrogens (tertiary/aromatic N) is 5. The van der Waals surface area contributed by atoms with Crippen molar-refractivity contribution in [1.29, 1.82) is 0 Å². The molecule has 2 aliphatic rings. The van der Waals surface area contributed by atoms with E-state index in [0.717, 1.165) is 67.5 Å². The number of aryl methyl sites for hydroxylation is 1. The second-order valence-electron chi connectivity index (χ2n) is 9.45. The SMILES string of the molecule is Cc1ncoc1-c1nnc(SCCCCN2CC[C@]3(C[C@@H]3c3ccc(C(F)(F)F)cc3)C2)n1C.Cl. The Morgan fingerprint density at radius 1 is 1.17 bits per heavy atom. The predicted molar refractivity (Wildman–Crippen MR) is 131 cm³/mol. The molecule has 3 heterocycles. The maximum Gasteiger partial charge on any atom is 0.416 e. The first kappa shape index (κ1) is 26.0. The zero-order valence-corrected chi connectivity index (χ0v) is 21.3. The summed E-state index contributed by atoms with van der Waals surface area (Å²) < 4.78 is 45.8. The fourth-order valence-electron chi connectivity index (χ4n) is 5.11. The minimum Gasteiger partial charge on any atom is -0.440 e. The van der Waals surface area contributed by atoms with Crippen LogP contribution >= 0.6 is 24.2 Å². The number of halogens is 4. The molecule has 0 unspecified atom stereocenters. The molecule has 2 atom stereocenters. The van der Waals surface area contributed by atoms with Crippen molar-refractivity contribution in [1.82, 2.24) is 24.6 Å². The predicted octanol–water partition coefficient (Wildman–Crippen LogP) is 5.97. The molecule has 1 aromatic carbocycles. The van der Waals surface area contributed by atoms with Gasteiger partial charge in [-0.3, -0.25) is 0 Å². The Morgan fingerprint density at radius 2 is 1.94 bits per heavy atom. The molecule has 1 aliphatic carbocycles. The lowest BCUT2D eigenvalue weighted by Crippen LogP contribution is -2.22. The Bertz CT molecular complexity index is 1150. The highest BCUT2D eigenvalue weighted by Crippen LogP contribution is 2.64. The van der Waals surface area contributed by atoms with Gasteiger partial charge in [0.1, 0.15) is 0 Å². The van der Waals surface area contributed by atoms with Crippen molar-refractivity contribution in [2.45, 2.75) is 49.9 Å². The van der Waals surface area contributed by atoms with Crippen LogP contribution in [0.4, 0.5) is 13.2 Å². The maximum atomic E-state index is 12.8. The Morgan fingerprint density at radius 3 is 2.63 bits per heavy atom. The van der Waals surface area contributed by atoms with Crippen molar-refractivity contribution >= 4 is 24.2 Å². The van der Waals surface area contributed by atoms with Gasteiger partial charge in [-0.2, -0.15) is 13.2 Å². The van der Waals surface area contributed by atoms with Gasteiger partial charge in [0, 0.05) is 19.3 Å². The molecule has 0 N–H and O–H groups in total. The lowest BCUT2D eigenvalue weighted by atomic mass is 9.97. The molecule has 3 aromatic rings. The number of hydrogen-bond donors (Lipinski definition) is 0. The molecule has 190 valence electrons. The molecule has 0 bridgehead atoms. The van der Waals surface area contributed by atoms with E-state index in [2.05, 4.69) is 20.1 Å². The molecule has 1 saturated carbocycles. The zero-order chi connectivity index (χ0) is 23.9. The van der Waals surface area contributed by atoms with Gasteiger partial charge in [-0.15, -0.1) is 22.6 Å². The van der Waals surface area contributed by atoms with Crippen LogP contribution < -0.4 is 0 Å². The van der Waals surface area contributed by atoms with Crippen LogP contribution in [0.1, 0.15) is 48.4 Å². The van der Waals surface area contributed by atoms with Gasteiger partial charge >= 0.3 is 6.18 Å². The molecule has 5 rings (SSSR count). The molecule has 0 radical (unpaired) electrons. The Balaban J connectivity index is 0.00000289. The van der Waals surface area contributed by atoms with Gasteiger partial charge in [-0.25, -0.2) is 4.98 Å². The highest BCUT2D eigenvalue weighted by atomic mass is 35.5. The molecular formula is C24H29ClF3N5OS. The van der Waals surface area contributed by atoms with Crippen molar-refractivity contribution in [3.05, 3.63) is 47.5 Å². The summed E-state index contributed by atoms with van der Waals surface area (Å²) in [5.74, 6) is 2.70. The number of aromatic nitrogens is 4. The fourth-order valence-corrected chi connectivity index (χ4v) is 6.02. The zero-order valence-electron chi connectivity index (χ0n) is 19.7. The van der Waals surface area contributed by atoms with E-state index in [1.807, 2.05) is 18.5 Å². The van der Waals surface area contributed by atoms with Gasteiger partial charge < -0.3 is 13.9 Å². The molecule has 2 aromatic heterocycles. The Hall–Kier alpha value is -2.04. The molecule has 0 amide bonds.